The van der Waals surface area contributed by atoms with Crippen LogP contribution in [0, 0.1) is 0 Å². The smallest absolute Gasteiger partial charge is 0.394 e. The van der Waals surface area contributed by atoms with Crippen molar-refractivity contribution in [1.82, 2.24) is 0 Å². The Balaban J connectivity index is 2.30. The minimum Gasteiger partial charge on any atom is -0.394 e. The van der Waals surface area contributed by atoms with E-state index >= 15 is 0 Å². The fourth-order valence-corrected chi connectivity index (χ4v) is 3.03. The largest absolute Gasteiger partial charge is 0.416 e. The second-order valence-corrected chi connectivity index (χ2v) is 5.54. The van der Waals surface area contributed by atoms with Gasteiger partial charge in [0.2, 0.25) is 0 Å². The fraction of sp³-hybridized carbons (Fsp3) is 0.538. The molecule has 1 unspecified atom stereocenters. The predicted octanol–water partition coefficient (Wildman–Crippen LogP) is 3.82. The molecule has 1 aliphatic rings. The monoisotopic (exact) mass is 337 g/mol. The van der Waals surface area contributed by atoms with Crippen molar-refractivity contribution in [3.05, 3.63) is 28.2 Å². The second-order valence-electron chi connectivity index (χ2n) is 4.69. The number of hydrogen-bond donors (Lipinski definition) is 1. The summed E-state index contributed by atoms with van der Waals surface area (Å²) in [6.07, 6.45) is -1.44. The molecular formula is C13H15BrF3NO. The molecule has 1 aromatic rings. The highest BCUT2D eigenvalue weighted by molar-refractivity contribution is 9.10. The fourth-order valence-electron chi connectivity index (χ4n) is 2.42. The number of piperidine rings is 1. The summed E-state index contributed by atoms with van der Waals surface area (Å²) in [6.45, 7) is 0.780. The molecule has 2 rings (SSSR count). The molecule has 0 aromatic heterocycles. The van der Waals surface area contributed by atoms with Crippen molar-refractivity contribution in [1.29, 1.82) is 0 Å². The van der Waals surface area contributed by atoms with Crippen LogP contribution in [0.3, 0.4) is 0 Å². The van der Waals surface area contributed by atoms with Gasteiger partial charge in [0.25, 0.3) is 0 Å². The second kappa shape index (κ2) is 5.71. The molecule has 0 amide bonds. The van der Waals surface area contributed by atoms with Gasteiger partial charge in [0, 0.05) is 11.0 Å². The Morgan fingerprint density at radius 1 is 1.32 bits per heavy atom. The van der Waals surface area contributed by atoms with Crippen molar-refractivity contribution < 1.29 is 18.3 Å². The molecule has 1 heterocycles. The number of nitrogens with zero attached hydrogens (tertiary/aromatic N) is 1. The van der Waals surface area contributed by atoms with Gasteiger partial charge in [-0.3, -0.25) is 0 Å². The van der Waals surface area contributed by atoms with Gasteiger partial charge in [-0.2, -0.15) is 13.2 Å². The number of halogens is 4. The molecule has 0 bridgehead atoms. The first-order valence-corrected chi connectivity index (χ1v) is 6.97. The zero-order valence-corrected chi connectivity index (χ0v) is 11.8. The average Bonchev–Trinajstić information content (AvgIpc) is 2.37. The number of aliphatic hydroxyl groups excluding tert-OH is 1. The normalized spacial score (nSPS) is 20.7. The Hall–Kier alpha value is -0.750. The third kappa shape index (κ3) is 3.23. The van der Waals surface area contributed by atoms with Crippen LogP contribution in [0.15, 0.2) is 22.7 Å². The molecule has 0 saturated carbocycles. The van der Waals surface area contributed by atoms with Crippen molar-refractivity contribution in [3.63, 3.8) is 0 Å². The zero-order valence-electron chi connectivity index (χ0n) is 10.3. The Morgan fingerprint density at radius 2 is 2.05 bits per heavy atom. The quantitative estimate of drug-likeness (QED) is 0.886. The van der Waals surface area contributed by atoms with E-state index in [9.17, 15) is 18.3 Å². The standard InChI is InChI=1S/C13H15BrF3NO/c14-11-7-9(13(15,16)17)4-5-12(11)18-6-2-1-3-10(18)8-19/h4-5,7,10,19H,1-3,6,8H2. The summed E-state index contributed by atoms with van der Waals surface area (Å²) in [6, 6.07) is 3.64. The average molecular weight is 338 g/mol. The third-order valence-corrected chi connectivity index (χ3v) is 4.06. The molecule has 1 fully saturated rings. The van der Waals surface area contributed by atoms with E-state index in [1.807, 2.05) is 4.90 Å². The molecule has 1 atom stereocenters. The molecular weight excluding hydrogens is 323 g/mol. The Morgan fingerprint density at radius 3 is 2.63 bits per heavy atom. The van der Waals surface area contributed by atoms with E-state index in [1.54, 1.807) is 0 Å². The van der Waals surface area contributed by atoms with Gasteiger partial charge in [-0.15, -0.1) is 0 Å². The van der Waals surface area contributed by atoms with Crippen molar-refractivity contribution in [2.24, 2.45) is 0 Å². The molecule has 6 heteroatoms. The van der Waals surface area contributed by atoms with Crippen LogP contribution >= 0.6 is 15.9 Å². The van der Waals surface area contributed by atoms with Crippen LogP contribution in [0.1, 0.15) is 24.8 Å². The summed E-state index contributed by atoms with van der Waals surface area (Å²) in [4.78, 5) is 1.98. The maximum atomic E-state index is 12.6. The zero-order chi connectivity index (χ0) is 14.0. The predicted molar refractivity (Wildman–Crippen MR) is 71.2 cm³/mol. The molecule has 2 nitrogen and oxygen atoms in total. The van der Waals surface area contributed by atoms with Crippen LogP contribution in [-0.4, -0.2) is 24.3 Å². The van der Waals surface area contributed by atoms with Gasteiger partial charge in [0.1, 0.15) is 0 Å². The highest BCUT2D eigenvalue weighted by Crippen LogP contribution is 2.37. The Bertz CT molecular complexity index is 450. The van der Waals surface area contributed by atoms with Crippen LogP contribution in [0.25, 0.3) is 0 Å². The number of alkyl halides is 3. The van der Waals surface area contributed by atoms with Crippen LogP contribution < -0.4 is 4.90 Å². The van der Waals surface area contributed by atoms with E-state index in [0.717, 1.165) is 37.9 Å². The van der Waals surface area contributed by atoms with Gasteiger partial charge >= 0.3 is 6.18 Å². The number of rotatable bonds is 2. The van der Waals surface area contributed by atoms with Gasteiger partial charge in [0.15, 0.2) is 0 Å². The minimum atomic E-state index is -4.33. The van der Waals surface area contributed by atoms with Crippen LogP contribution in [-0.2, 0) is 6.18 Å². The minimum absolute atomic E-state index is 0.0122. The first kappa shape index (κ1) is 14.7. The van der Waals surface area contributed by atoms with E-state index in [4.69, 9.17) is 0 Å². The lowest BCUT2D eigenvalue weighted by Crippen LogP contribution is -2.42. The lowest BCUT2D eigenvalue weighted by Gasteiger charge is -2.37. The summed E-state index contributed by atoms with van der Waals surface area (Å²) < 4.78 is 38.2. The number of anilines is 1. The molecule has 1 N–H and O–H groups in total. The van der Waals surface area contributed by atoms with E-state index < -0.39 is 11.7 Å². The first-order valence-electron chi connectivity index (χ1n) is 6.17. The van der Waals surface area contributed by atoms with E-state index in [0.29, 0.717) is 10.2 Å². The topological polar surface area (TPSA) is 23.5 Å². The molecule has 0 aliphatic carbocycles. The maximum absolute atomic E-state index is 12.6. The van der Waals surface area contributed by atoms with Gasteiger partial charge in [-0.1, -0.05) is 0 Å². The first-order chi connectivity index (χ1) is 8.93. The molecule has 0 radical (unpaired) electrons. The SMILES string of the molecule is OCC1CCCCN1c1ccc(C(F)(F)F)cc1Br. The number of benzene rings is 1. The summed E-state index contributed by atoms with van der Waals surface area (Å²) >= 11 is 3.21. The maximum Gasteiger partial charge on any atom is 0.416 e. The molecule has 1 aromatic carbocycles. The molecule has 106 valence electrons. The lowest BCUT2D eigenvalue weighted by molar-refractivity contribution is -0.137. The Labute approximate surface area is 118 Å². The summed E-state index contributed by atoms with van der Waals surface area (Å²) in [5, 5.41) is 9.36. The molecule has 1 aliphatic heterocycles. The molecule has 1 saturated heterocycles. The van der Waals surface area contributed by atoms with Gasteiger partial charge in [0.05, 0.1) is 23.9 Å². The van der Waals surface area contributed by atoms with Gasteiger partial charge in [-0.05, 0) is 53.4 Å². The number of hydrogen-bond acceptors (Lipinski definition) is 2. The van der Waals surface area contributed by atoms with Crippen molar-refractivity contribution in [3.8, 4) is 0 Å². The van der Waals surface area contributed by atoms with Crippen molar-refractivity contribution in [2.45, 2.75) is 31.5 Å². The highest BCUT2D eigenvalue weighted by Gasteiger charge is 2.32. The molecule has 19 heavy (non-hydrogen) atoms. The third-order valence-electron chi connectivity index (χ3n) is 3.42. The van der Waals surface area contributed by atoms with Crippen LogP contribution in [0.4, 0.5) is 18.9 Å². The van der Waals surface area contributed by atoms with Crippen molar-refractivity contribution in [2.75, 3.05) is 18.1 Å². The number of aliphatic hydroxyl groups is 1. The lowest BCUT2D eigenvalue weighted by atomic mass is 10.0. The van der Waals surface area contributed by atoms with E-state index in [2.05, 4.69) is 15.9 Å². The highest BCUT2D eigenvalue weighted by atomic mass is 79.9. The van der Waals surface area contributed by atoms with Crippen molar-refractivity contribution >= 4 is 21.6 Å². The van der Waals surface area contributed by atoms with E-state index in [1.165, 1.54) is 6.07 Å². The van der Waals surface area contributed by atoms with Crippen LogP contribution in [0.2, 0.25) is 0 Å². The summed E-state index contributed by atoms with van der Waals surface area (Å²) in [5.74, 6) is 0. The van der Waals surface area contributed by atoms with Gasteiger partial charge in [-0.25, -0.2) is 0 Å². The van der Waals surface area contributed by atoms with Gasteiger partial charge < -0.3 is 10.0 Å². The summed E-state index contributed by atoms with van der Waals surface area (Å²) in [5.41, 5.74) is 0.0485. The van der Waals surface area contributed by atoms with E-state index in [-0.39, 0.29) is 12.6 Å². The summed E-state index contributed by atoms with van der Waals surface area (Å²) in [7, 11) is 0. The van der Waals surface area contributed by atoms with Crippen LogP contribution in [0.5, 0.6) is 0 Å². The Kier molecular flexibility index (Phi) is 4.40. The molecule has 0 spiro atoms.